The molecule has 0 bridgehead atoms. The van der Waals surface area contributed by atoms with Crippen LogP contribution in [0.15, 0.2) is 24.3 Å². The first-order valence-corrected chi connectivity index (χ1v) is 13.8. The molecule has 0 spiro atoms. The third-order valence-corrected chi connectivity index (χ3v) is 7.10. The Balaban J connectivity index is 0.000000771. The van der Waals surface area contributed by atoms with Crippen LogP contribution in [0.5, 0.6) is 23.0 Å². The van der Waals surface area contributed by atoms with Crippen molar-refractivity contribution >= 4 is 5.91 Å². The average Bonchev–Trinajstić information content (AvgIpc) is 3.02. The highest BCUT2D eigenvalue weighted by atomic mass is 35.7. The number of carbonyl (C=O) groups is 1. The predicted octanol–water partition coefficient (Wildman–Crippen LogP) is -0.814. The van der Waals surface area contributed by atoms with Crippen molar-refractivity contribution in [3.05, 3.63) is 46.5 Å². The lowest BCUT2D eigenvalue weighted by Gasteiger charge is -2.34. The molecule has 11 nitrogen and oxygen atoms in total. The molecule has 0 saturated carbocycles. The normalized spacial score (nSPS) is 16.3. The first-order chi connectivity index (χ1) is 18.5. The van der Waals surface area contributed by atoms with Crippen LogP contribution in [-0.4, -0.2) is 82.0 Å². The number of hydrogen-bond donors (Lipinski definition) is 1. The van der Waals surface area contributed by atoms with Gasteiger partial charge in [0.2, 0.25) is 5.91 Å². The summed E-state index contributed by atoms with van der Waals surface area (Å²) in [4.78, 5) is 17.3. The second-order valence-corrected chi connectivity index (χ2v) is 10.4. The van der Waals surface area contributed by atoms with Gasteiger partial charge in [-0.25, -0.2) is 0 Å². The molecular formula is C27H37ClN2O9. The molecule has 1 heterocycles. The third-order valence-electron chi connectivity index (χ3n) is 7.10. The van der Waals surface area contributed by atoms with Gasteiger partial charge >= 0.3 is 0 Å². The van der Waals surface area contributed by atoms with Gasteiger partial charge in [-0.3, -0.25) is 4.79 Å². The van der Waals surface area contributed by atoms with Crippen LogP contribution in [0.1, 0.15) is 34.6 Å². The largest absolute Gasteiger partial charge is 0.493 e. The number of rotatable bonds is 10. The van der Waals surface area contributed by atoms with Crippen molar-refractivity contribution in [1.82, 2.24) is 9.80 Å². The van der Waals surface area contributed by atoms with Crippen LogP contribution in [0.25, 0.3) is 0 Å². The summed E-state index contributed by atoms with van der Waals surface area (Å²) in [5.74, 6) is 3.69. The van der Waals surface area contributed by atoms with Crippen LogP contribution >= 0.6 is 0 Å². The number of methoxy groups -OCH3 is 4. The molecule has 1 atom stereocenters. The summed E-state index contributed by atoms with van der Waals surface area (Å²) in [7, 11) is 4.10. The SMILES string of the molecule is COc1cc2c(cc1OC)CC(=O)N(CCCN(C)C[C@H]1Cc3cc(OC)c(OC)cc31)CC2.[O-][Cl+3]([O-])([O-])O. The van der Waals surface area contributed by atoms with Crippen molar-refractivity contribution in [3.8, 4) is 23.0 Å². The number of likely N-dealkylation sites (N-methyl/N-ethyl adjacent to an activating group) is 1. The van der Waals surface area contributed by atoms with E-state index in [4.69, 9.17) is 37.6 Å². The van der Waals surface area contributed by atoms with E-state index in [2.05, 4.69) is 24.1 Å². The topological polar surface area (TPSA) is 150 Å². The zero-order chi connectivity index (χ0) is 28.7. The van der Waals surface area contributed by atoms with Crippen LogP contribution in [-0.2, 0) is 24.1 Å². The maximum atomic E-state index is 12.9. The van der Waals surface area contributed by atoms with E-state index in [0.29, 0.717) is 18.1 Å². The molecule has 12 heteroatoms. The molecule has 39 heavy (non-hydrogen) atoms. The van der Waals surface area contributed by atoms with Crippen molar-refractivity contribution in [2.24, 2.45) is 0 Å². The van der Waals surface area contributed by atoms with Gasteiger partial charge in [0.25, 0.3) is 0 Å². The molecule has 2 aromatic rings. The molecule has 1 amide bonds. The van der Waals surface area contributed by atoms with Gasteiger partial charge in [-0.15, -0.1) is 0 Å². The second-order valence-electron chi connectivity index (χ2n) is 9.60. The molecule has 2 aromatic carbocycles. The number of nitrogens with zero attached hydrogens (tertiary/aromatic N) is 2. The maximum absolute atomic E-state index is 12.9. The molecule has 4 rings (SSSR count). The van der Waals surface area contributed by atoms with Crippen LogP contribution < -0.4 is 32.9 Å². The van der Waals surface area contributed by atoms with Crippen molar-refractivity contribution in [2.75, 3.05) is 61.7 Å². The van der Waals surface area contributed by atoms with Crippen molar-refractivity contribution < 1.29 is 52.6 Å². The lowest BCUT2D eigenvalue weighted by Crippen LogP contribution is -2.58. The summed E-state index contributed by atoms with van der Waals surface area (Å²) in [5, 5.41) is 0. The lowest BCUT2D eigenvalue weighted by molar-refractivity contribution is -1.92. The minimum absolute atomic E-state index is 0.183. The van der Waals surface area contributed by atoms with E-state index in [-0.39, 0.29) is 5.91 Å². The maximum Gasteiger partial charge on any atom is 0.227 e. The molecule has 0 saturated heterocycles. The van der Waals surface area contributed by atoms with Gasteiger partial charge in [0.1, 0.15) is 0 Å². The summed E-state index contributed by atoms with van der Waals surface area (Å²) in [6.45, 7) is 3.47. The number of halogens is 1. The minimum atomic E-state index is -4.69. The van der Waals surface area contributed by atoms with Crippen LogP contribution in [0, 0.1) is 10.2 Å². The number of amides is 1. The highest BCUT2D eigenvalue weighted by Gasteiger charge is 2.29. The fourth-order valence-corrected chi connectivity index (χ4v) is 5.15. The van der Waals surface area contributed by atoms with E-state index in [1.54, 1.807) is 28.4 Å². The number of fused-ring (bicyclic) bond motifs is 2. The quantitative estimate of drug-likeness (QED) is 0.385. The Labute approximate surface area is 231 Å². The van der Waals surface area contributed by atoms with E-state index < -0.39 is 10.2 Å². The zero-order valence-corrected chi connectivity index (χ0v) is 23.8. The second kappa shape index (κ2) is 13.5. The highest BCUT2D eigenvalue weighted by molar-refractivity contribution is 5.80. The number of ether oxygens (including phenoxy) is 4. The summed E-state index contributed by atoms with van der Waals surface area (Å²) in [6.07, 6.45) is 3.27. The Bertz CT molecular complexity index is 1130. The number of benzene rings is 2. The molecule has 1 N–H and O–H groups in total. The molecular weight excluding hydrogens is 532 g/mol. The number of hydrogen-bond acceptors (Lipinski definition) is 10. The van der Waals surface area contributed by atoms with Gasteiger partial charge in [0.15, 0.2) is 23.0 Å². The first-order valence-electron chi connectivity index (χ1n) is 12.6. The zero-order valence-electron chi connectivity index (χ0n) is 23.0. The number of carbonyl (C=O) groups excluding carboxylic acids is 1. The molecule has 2 aliphatic rings. The van der Waals surface area contributed by atoms with Crippen LogP contribution in [0.3, 0.4) is 0 Å². The molecule has 1 aliphatic carbocycles. The highest BCUT2D eigenvalue weighted by Crippen LogP contribution is 2.42. The molecule has 0 fully saturated rings. The van der Waals surface area contributed by atoms with Gasteiger partial charge in [0.05, 0.1) is 49.8 Å². The van der Waals surface area contributed by atoms with Gasteiger partial charge in [0, 0.05) is 25.6 Å². The third kappa shape index (κ3) is 8.34. The molecule has 0 unspecified atom stereocenters. The lowest BCUT2D eigenvalue weighted by atomic mass is 9.77. The Kier molecular flexibility index (Phi) is 10.6. The summed E-state index contributed by atoms with van der Waals surface area (Å²) >= 11 is 0. The molecule has 0 radical (unpaired) electrons. The fourth-order valence-electron chi connectivity index (χ4n) is 5.15. The van der Waals surface area contributed by atoms with Gasteiger partial charge in [-0.1, -0.05) is 0 Å². The van der Waals surface area contributed by atoms with E-state index in [1.165, 1.54) is 16.7 Å². The Morgan fingerprint density at radius 2 is 1.44 bits per heavy atom. The standard InChI is InChI=1S/C27H36N2O5.ClHO4/c1-28(17-21-11-20-14-25(33-4)26(34-5)16-22(20)21)8-6-9-29-10-7-18-12-23(31-2)24(32-3)13-19(18)15-27(29)30;2-1(3,4)5/h12-14,16,21H,6-11,15,17H2,1-5H3;(H,2,3,4,5)/t21-;/m1./s1. The Morgan fingerprint density at radius 3 is 2.00 bits per heavy atom. The van der Waals surface area contributed by atoms with Crippen molar-refractivity contribution in [2.45, 2.75) is 31.6 Å². The van der Waals surface area contributed by atoms with E-state index >= 15 is 0 Å². The first kappa shape index (κ1) is 30.7. The summed E-state index contributed by atoms with van der Waals surface area (Å²) in [5.41, 5.74) is 4.91. The predicted molar refractivity (Wildman–Crippen MR) is 134 cm³/mol. The van der Waals surface area contributed by atoms with Crippen molar-refractivity contribution in [1.29, 1.82) is 0 Å². The smallest absolute Gasteiger partial charge is 0.227 e. The Hall–Kier alpha value is -2.80. The minimum Gasteiger partial charge on any atom is -0.493 e. The molecule has 1 aliphatic heterocycles. The van der Waals surface area contributed by atoms with E-state index in [9.17, 15) is 4.79 Å². The Morgan fingerprint density at radius 1 is 0.923 bits per heavy atom. The van der Waals surface area contributed by atoms with E-state index in [1.807, 2.05) is 17.0 Å². The fraction of sp³-hybridized carbons (Fsp3) is 0.519. The van der Waals surface area contributed by atoms with Gasteiger partial charge < -0.3 is 28.7 Å². The van der Waals surface area contributed by atoms with E-state index in [0.717, 1.165) is 68.3 Å². The molecule has 0 aromatic heterocycles. The monoisotopic (exact) mass is 568 g/mol. The summed E-state index contributed by atoms with van der Waals surface area (Å²) in [6, 6.07) is 8.18. The average molecular weight is 569 g/mol. The van der Waals surface area contributed by atoms with Crippen LogP contribution in [0.2, 0.25) is 0 Å². The summed E-state index contributed by atoms with van der Waals surface area (Å²) < 4.78 is 54.5. The molecule has 216 valence electrons. The van der Waals surface area contributed by atoms with Gasteiger partial charge in [-0.2, -0.15) is 14.0 Å². The van der Waals surface area contributed by atoms with Crippen molar-refractivity contribution in [3.63, 3.8) is 0 Å². The van der Waals surface area contributed by atoms with Crippen LogP contribution in [0.4, 0.5) is 0 Å². The van der Waals surface area contributed by atoms with Gasteiger partial charge in [-0.05, 0) is 79.4 Å².